The first-order valence-electron chi connectivity index (χ1n) is 13.5. The van der Waals surface area contributed by atoms with Crippen molar-refractivity contribution in [3.63, 3.8) is 0 Å². The second kappa shape index (κ2) is 10.0. The van der Waals surface area contributed by atoms with Gasteiger partial charge in [0.2, 0.25) is 0 Å². The van der Waals surface area contributed by atoms with E-state index in [-0.39, 0.29) is 6.10 Å². The predicted molar refractivity (Wildman–Crippen MR) is 148 cm³/mol. The van der Waals surface area contributed by atoms with Crippen molar-refractivity contribution in [3.05, 3.63) is 60.4 Å². The van der Waals surface area contributed by atoms with Gasteiger partial charge in [0.1, 0.15) is 11.9 Å². The summed E-state index contributed by atoms with van der Waals surface area (Å²) in [5, 5.41) is 3.83. The molecule has 6 rings (SSSR count). The molecular formula is C30H33N5O3. The maximum Gasteiger partial charge on any atom is 0.411 e. The van der Waals surface area contributed by atoms with Crippen LogP contribution in [0.4, 0.5) is 16.2 Å². The molecule has 2 aromatic carbocycles. The second-order valence-corrected chi connectivity index (χ2v) is 10.4. The lowest BCUT2D eigenvalue weighted by molar-refractivity contribution is 0.108. The minimum atomic E-state index is -0.416. The number of fused-ring (bicyclic) bond motifs is 1. The fraction of sp³-hybridized carbons (Fsp3) is 0.367. The Hall–Kier alpha value is -4.07. The Morgan fingerprint density at radius 3 is 2.47 bits per heavy atom. The van der Waals surface area contributed by atoms with E-state index >= 15 is 0 Å². The number of hydrogen-bond acceptors (Lipinski definition) is 6. The lowest BCUT2D eigenvalue weighted by Crippen LogP contribution is -2.21. The second-order valence-electron chi connectivity index (χ2n) is 10.4. The molecule has 38 heavy (non-hydrogen) atoms. The fourth-order valence-electron chi connectivity index (χ4n) is 5.07. The molecule has 196 valence electrons. The van der Waals surface area contributed by atoms with E-state index in [9.17, 15) is 4.79 Å². The van der Waals surface area contributed by atoms with Gasteiger partial charge in [0.15, 0.2) is 0 Å². The molecule has 0 radical (unpaired) electrons. The Bertz CT molecular complexity index is 1450. The van der Waals surface area contributed by atoms with Crippen LogP contribution in [0.5, 0.6) is 11.8 Å². The van der Waals surface area contributed by atoms with E-state index < -0.39 is 6.09 Å². The standard InChI is InChI=1S/C30H33N5O3/c1-3-19-16-32-29(33-17-19)38-24-13-14-25-26(15-24)35(23-5-4-6-23)28(27(25)31)21-9-11-22(12-10-21)34-30(36)37-18(2)20-7-8-20/h9-18,20,23H,3-8,31H2,1-2H3,(H,34,36)/t18-/m1/s1. The number of benzene rings is 2. The van der Waals surface area contributed by atoms with Crippen molar-refractivity contribution in [2.75, 3.05) is 11.1 Å². The lowest BCUT2D eigenvalue weighted by atomic mass is 9.92. The van der Waals surface area contributed by atoms with Crippen LogP contribution in [0.2, 0.25) is 0 Å². The molecule has 0 spiro atoms. The number of hydrogen-bond donors (Lipinski definition) is 2. The molecule has 2 heterocycles. The van der Waals surface area contributed by atoms with Crippen LogP contribution in [0, 0.1) is 5.92 Å². The largest absolute Gasteiger partial charge is 0.446 e. The van der Waals surface area contributed by atoms with Gasteiger partial charge in [-0.3, -0.25) is 5.32 Å². The average Bonchev–Trinajstić information content (AvgIpc) is 3.71. The number of anilines is 2. The van der Waals surface area contributed by atoms with Crippen LogP contribution in [0.3, 0.4) is 0 Å². The zero-order valence-electron chi connectivity index (χ0n) is 21.8. The van der Waals surface area contributed by atoms with E-state index in [0.717, 1.165) is 65.5 Å². The van der Waals surface area contributed by atoms with E-state index in [1.165, 1.54) is 6.42 Å². The molecule has 0 unspecified atom stereocenters. The summed E-state index contributed by atoms with van der Waals surface area (Å²) >= 11 is 0. The number of nitrogens with two attached hydrogens (primary N) is 1. The summed E-state index contributed by atoms with van der Waals surface area (Å²) in [4.78, 5) is 21.0. The van der Waals surface area contributed by atoms with Gasteiger partial charge in [-0.1, -0.05) is 19.1 Å². The number of ether oxygens (including phenoxy) is 2. The van der Waals surface area contributed by atoms with Crippen molar-refractivity contribution in [3.8, 4) is 23.0 Å². The first kappa shape index (κ1) is 24.3. The van der Waals surface area contributed by atoms with Crippen LogP contribution in [0.1, 0.15) is 57.6 Å². The third-order valence-electron chi connectivity index (χ3n) is 7.74. The maximum absolute atomic E-state index is 12.3. The molecule has 4 aromatic rings. The molecule has 3 N–H and O–H groups in total. The van der Waals surface area contributed by atoms with Crippen molar-refractivity contribution in [1.29, 1.82) is 0 Å². The monoisotopic (exact) mass is 511 g/mol. The maximum atomic E-state index is 12.3. The van der Waals surface area contributed by atoms with Gasteiger partial charge >= 0.3 is 12.1 Å². The normalized spacial score (nSPS) is 16.2. The van der Waals surface area contributed by atoms with Crippen molar-refractivity contribution in [2.24, 2.45) is 5.92 Å². The van der Waals surface area contributed by atoms with E-state index in [2.05, 4.69) is 26.8 Å². The molecule has 0 aliphatic heterocycles. The number of aryl methyl sites for hydroxylation is 1. The number of aromatic nitrogens is 3. The Balaban J connectivity index is 1.29. The van der Waals surface area contributed by atoms with Crippen LogP contribution < -0.4 is 15.8 Å². The molecule has 2 fully saturated rings. The summed E-state index contributed by atoms with van der Waals surface area (Å²) in [5.74, 6) is 1.17. The molecule has 2 saturated carbocycles. The lowest BCUT2D eigenvalue weighted by Gasteiger charge is -2.30. The first-order valence-corrected chi connectivity index (χ1v) is 13.5. The number of nitrogen functional groups attached to an aromatic ring is 1. The molecule has 2 aliphatic rings. The van der Waals surface area contributed by atoms with Gasteiger partial charge < -0.3 is 19.8 Å². The average molecular weight is 512 g/mol. The Morgan fingerprint density at radius 2 is 1.84 bits per heavy atom. The van der Waals surface area contributed by atoms with E-state index in [1.807, 2.05) is 49.4 Å². The molecule has 8 heteroatoms. The molecule has 8 nitrogen and oxygen atoms in total. The number of carbonyl (C=O) groups excluding carboxylic acids is 1. The SMILES string of the molecule is CCc1cnc(Oc2ccc3c(N)c(-c4ccc(NC(=O)O[C@H](C)C5CC5)cc4)n(C4CCC4)c3c2)nc1. The molecule has 0 saturated heterocycles. The molecule has 1 atom stereocenters. The highest BCUT2D eigenvalue weighted by Crippen LogP contribution is 2.45. The minimum Gasteiger partial charge on any atom is -0.446 e. The minimum absolute atomic E-state index is 0.0524. The van der Waals surface area contributed by atoms with E-state index in [4.69, 9.17) is 15.2 Å². The number of amides is 1. The highest BCUT2D eigenvalue weighted by atomic mass is 16.6. The topological polar surface area (TPSA) is 104 Å². The smallest absolute Gasteiger partial charge is 0.411 e. The number of rotatable bonds is 8. The summed E-state index contributed by atoms with van der Waals surface area (Å²) in [7, 11) is 0. The number of nitrogens with one attached hydrogen (secondary N) is 1. The van der Waals surface area contributed by atoms with E-state index in [1.54, 1.807) is 12.4 Å². The quantitative estimate of drug-likeness (QED) is 0.261. The molecule has 2 aliphatic carbocycles. The first-order chi connectivity index (χ1) is 18.5. The molecule has 1 amide bonds. The number of nitrogens with zero attached hydrogens (tertiary/aromatic N) is 3. The van der Waals surface area contributed by atoms with Gasteiger partial charge in [0, 0.05) is 41.1 Å². The summed E-state index contributed by atoms with van der Waals surface area (Å²) in [6, 6.07) is 14.4. The third-order valence-corrected chi connectivity index (χ3v) is 7.74. The van der Waals surface area contributed by atoms with Crippen LogP contribution in [-0.2, 0) is 11.2 Å². The van der Waals surface area contributed by atoms with Crippen LogP contribution in [0.15, 0.2) is 54.9 Å². The molecule has 0 bridgehead atoms. The zero-order valence-corrected chi connectivity index (χ0v) is 21.8. The van der Waals surface area contributed by atoms with Crippen molar-refractivity contribution >= 4 is 28.4 Å². The number of carbonyl (C=O) groups is 1. The molecular weight excluding hydrogens is 478 g/mol. The fourth-order valence-corrected chi connectivity index (χ4v) is 5.07. The predicted octanol–water partition coefficient (Wildman–Crippen LogP) is 7.11. The zero-order chi connectivity index (χ0) is 26.2. The third kappa shape index (κ3) is 4.78. The highest BCUT2D eigenvalue weighted by molar-refractivity contribution is 6.01. The summed E-state index contributed by atoms with van der Waals surface area (Å²) in [6.45, 7) is 4.02. The Labute approximate surface area is 222 Å². The van der Waals surface area contributed by atoms with Gasteiger partial charge in [0.05, 0.1) is 16.9 Å². The summed E-state index contributed by atoms with van der Waals surface area (Å²) < 4.78 is 13.8. The van der Waals surface area contributed by atoms with Crippen LogP contribution in [-0.4, -0.2) is 26.7 Å². The van der Waals surface area contributed by atoms with Crippen molar-refractivity contribution in [1.82, 2.24) is 14.5 Å². The van der Waals surface area contributed by atoms with E-state index in [0.29, 0.717) is 29.4 Å². The van der Waals surface area contributed by atoms with Crippen molar-refractivity contribution < 1.29 is 14.3 Å². The highest BCUT2D eigenvalue weighted by Gasteiger charge is 2.31. The van der Waals surface area contributed by atoms with Gasteiger partial charge in [-0.2, -0.15) is 0 Å². The summed E-state index contributed by atoms with van der Waals surface area (Å²) in [5.41, 5.74) is 12.3. The Kier molecular flexibility index (Phi) is 6.39. The van der Waals surface area contributed by atoms with Gasteiger partial charge in [-0.05, 0) is 81.2 Å². The molecule has 2 aromatic heterocycles. The van der Waals surface area contributed by atoms with Crippen LogP contribution in [0.25, 0.3) is 22.2 Å². The van der Waals surface area contributed by atoms with Crippen molar-refractivity contribution in [2.45, 2.75) is 64.5 Å². The van der Waals surface area contributed by atoms with Gasteiger partial charge in [0.25, 0.3) is 0 Å². The summed E-state index contributed by atoms with van der Waals surface area (Å²) in [6.07, 6.45) is 9.66. The Morgan fingerprint density at radius 1 is 1.11 bits per heavy atom. The van der Waals surface area contributed by atoms with Crippen LogP contribution >= 0.6 is 0 Å². The van der Waals surface area contributed by atoms with Gasteiger partial charge in [-0.25, -0.2) is 14.8 Å². The van der Waals surface area contributed by atoms with Gasteiger partial charge in [-0.15, -0.1) is 0 Å².